The van der Waals surface area contributed by atoms with Crippen molar-refractivity contribution in [1.82, 2.24) is 4.90 Å². The molecule has 0 rings (SSSR count). The molecule has 0 unspecified atom stereocenters. The third-order valence-electron chi connectivity index (χ3n) is 4.05. The van der Waals surface area contributed by atoms with Crippen LogP contribution in [-0.2, 0) is 4.79 Å². The van der Waals surface area contributed by atoms with Crippen LogP contribution in [0.1, 0.15) is 90.9 Å². The van der Waals surface area contributed by atoms with Crippen molar-refractivity contribution in [3.05, 3.63) is 12.7 Å². The SMILES string of the molecule is C=CC(=O)N(CCCCCC)CCCCCCCCCC. The molecule has 124 valence electrons. The molecular formula is C19H37NO. The summed E-state index contributed by atoms with van der Waals surface area (Å²) < 4.78 is 0. The summed E-state index contributed by atoms with van der Waals surface area (Å²) in [7, 11) is 0. The Kier molecular flexibility index (Phi) is 15.0. The predicted molar refractivity (Wildman–Crippen MR) is 93.5 cm³/mol. The first-order valence-corrected chi connectivity index (χ1v) is 9.17. The van der Waals surface area contributed by atoms with Crippen LogP contribution in [0.5, 0.6) is 0 Å². The second-order valence-electron chi connectivity index (χ2n) is 6.06. The molecule has 0 saturated carbocycles. The quantitative estimate of drug-likeness (QED) is 0.279. The van der Waals surface area contributed by atoms with Crippen molar-refractivity contribution in [2.75, 3.05) is 13.1 Å². The number of hydrogen-bond donors (Lipinski definition) is 0. The van der Waals surface area contributed by atoms with E-state index in [0.717, 1.165) is 25.9 Å². The van der Waals surface area contributed by atoms with Crippen molar-refractivity contribution in [3.63, 3.8) is 0 Å². The monoisotopic (exact) mass is 295 g/mol. The molecule has 1 amide bonds. The summed E-state index contributed by atoms with van der Waals surface area (Å²) in [6, 6.07) is 0. The summed E-state index contributed by atoms with van der Waals surface area (Å²) in [6.45, 7) is 9.90. The van der Waals surface area contributed by atoms with Crippen LogP contribution in [0.4, 0.5) is 0 Å². The minimum Gasteiger partial charge on any atom is -0.339 e. The summed E-state index contributed by atoms with van der Waals surface area (Å²) in [4.78, 5) is 13.8. The molecule has 0 aliphatic rings. The van der Waals surface area contributed by atoms with Crippen LogP contribution in [0, 0.1) is 0 Å². The van der Waals surface area contributed by atoms with Gasteiger partial charge in [0.25, 0.3) is 0 Å². The maximum absolute atomic E-state index is 11.8. The minimum absolute atomic E-state index is 0.106. The average molecular weight is 296 g/mol. The second kappa shape index (κ2) is 15.6. The largest absolute Gasteiger partial charge is 0.339 e. The van der Waals surface area contributed by atoms with Gasteiger partial charge in [-0.1, -0.05) is 84.6 Å². The molecule has 0 aromatic carbocycles. The van der Waals surface area contributed by atoms with Crippen molar-refractivity contribution in [2.24, 2.45) is 0 Å². The van der Waals surface area contributed by atoms with E-state index in [9.17, 15) is 4.79 Å². The fourth-order valence-corrected chi connectivity index (χ4v) is 2.63. The maximum atomic E-state index is 11.8. The Morgan fingerprint density at radius 2 is 1.14 bits per heavy atom. The van der Waals surface area contributed by atoms with Gasteiger partial charge in [0, 0.05) is 13.1 Å². The highest BCUT2D eigenvalue weighted by atomic mass is 16.2. The van der Waals surface area contributed by atoms with E-state index in [-0.39, 0.29) is 5.91 Å². The summed E-state index contributed by atoms with van der Waals surface area (Å²) in [5, 5.41) is 0. The van der Waals surface area contributed by atoms with Crippen LogP contribution in [-0.4, -0.2) is 23.9 Å². The highest BCUT2D eigenvalue weighted by molar-refractivity contribution is 5.86. The van der Waals surface area contributed by atoms with Gasteiger partial charge in [0.1, 0.15) is 0 Å². The molecule has 0 fully saturated rings. The van der Waals surface area contributed by atoms with Crippen LogP contribution in [0.3, 0.4) is 0 Å². The lowest BCUT2D eigenvalue weighted by atomic mass is 10.1. The molecule has 0 atom stereocenters. The molecule has 2 heteroatoms. The Morgan fingerprint density at radius 1 is 0.762 bits per heavy atom. The molecule has 0 aliphatic heterocycles. The molecule has 0 bridgehead atoms. The zero-order valence-corrected chi connectivity index (χ0v) is 14.5. The number of rotatable bonds is 15. The Bertz CT molecular complexity index is 250. The Labute approximate surface area is 133 Å². The first-order chi connectivity index (χ1) is 10.3. The summed E-state index contributed by atoms with van der Waals surface area (Å²) in [6.07, 6.45) is 16.8. The first kappa shape index (κ1) is 20.2. The number of hydrogen-bond acceptors (Lipinski definition) is 1. The second-order valence-corrected chi connectivity index (χ2v) is 6.06. The highest BCUT2D eigenvalue weighted by Gasteiger charge is 2.08. The minimum atomic E-state index is 0.106. The molecule has 2 nitrogen and oxygen atoms in total. The smallest absolute Gasteiger partial charge is 0.245 e. The molecule has 0 aromatic heterocycles. The Balaban J connectivity index is 3.66. The van der Waals surface area contributed by atoms with Crippen molar-refractivity contribution >= 4 is 5.91 Å². The van der Waals surface area contributed by atoms with E-state index >= 15 is 0 Å². The molecular weight excluding hydrogens is 258 g/mol. The number of carbonyl (C=O) groups is 1. The lowest BCUT2D eigenvalue weighted by molar-refractivity contribution is -0.126. The van der Waals surface area contributed by atoms with Gasteiger partial charge in [-0.05, 0) is 18.9 Å². The highest BCUT2D eigenvalue weighted by Crippen LogP contribution is 2.10. The van der Waals surface area contributed by atoms with Crippen molar-refractivity contribution in [2.45, 2.75) is 90.9 Å². The van der Waals surface area contributed by atoms with Crippen LogP contribution in [0.15, 0.2) is 12.7 Å². The fourth-order valence-electron chi connectivity index (χ4n) is 2.63. The number of carbonyl (C=O) groups excluding carboxylic acids is 1. The van der Waals surface area contributed by atoms with E-state index in [1.165, 1.54) is 70.3 Å². The lowest BCUT2D eigenvalue weighted by Gasteiger charge is -2.21. The molecule has 21 heavy (non-hydrogen) atoms. The van der Waals surface area contributed by atoms with Crippen LogP contribution in [0.2, 0.25) is 0 Å². The summed E-state index contributed by atoms with van der Waals surface area (Å²) >= 11 is 0. The zero-order chi connectivity index (χ0) is 15.8. The Hall–Kier alpha value is -0.790. The van der Waals surface area contributed by atoms with E-state index in [2.05, 4.69) is 20.4 Å². The van der Waals surface area contributed by atoms with Gasteiger partial charge >= 0.3 is 0 Å². The van der Waals surface area contributed by atoms with Gasteiger partial charge in [-0.25, -0.2) is 0 Å². The third kappa shape index (κ3) is 12.6. The third-order valence-corrected chi connectivity index (χ3v) is 4.05. The summed E-state index contributed by atoms with van der Waals surface area (Å²) in [5.41, 5.74) is 0. The van der Waals surface area contributed by atoms with Gasteiger partial charge in [-0.2, -0.15) is 0 Å². The van der Waals surface area contributed by atoms with Gasteiger partial charge < -0.3 is 4.90 Å². The zero-order valence-electron chi connectivity index (χ0n) is 14.5. The normalized spacial score (nSPS) is 10.6. The maximum Gasteiger partial charge on any atom is 0.245 e. The van der Waals surface area contributed by atoms with E-state index in [1.807, 2.05) is 4.90 Å². The van der Waals surface area contributed by atoms with Crippen molar-refractivity contribution < 1.29 is 4.79 Å². The van der Waals surface area contributed by atoms with Gasteiger partial charge in [-0.3, -0.25) is 4.79 Å². The molecule has 0 saturated heterocycles. The molecule has 0 radical (unpaired) electrons. The van der Waals surface area contributed by atoms with Gasteiger partial charge in [0.15, 0.2) is 0 Å². The molecule has 0 N–H and O–H groups in total. The fraction of sp³-hybridized carbons (Fsp3) is 0.842. The number of amides is 1. The van der Waals surface area contributed by atoms with Gasteiger partial charge in [-0.15, -0.1) is 0 Å². The predicted octanol–water partition coefficient (Wildman–Crippen LogP) is 5.72. The van der Waals surface area contributed by atoms with Crippen LogP contribution < -0.4 is 0 Å². The van der Waals surface area contributed by atoms with Gasteiger partial charge in [0.05, 0.1) is 0 Å². The molecule has 0 aliphatic carbocycles. The van der Waals surface area contributed by atoms with Crippen LogP contribution >= 0.6 is 0 Å². The summed E-state index contributed by atoms with van der Waals surface area (Å²) in [5.74, 6) is 0.106. The van der Waals surface area contributed by atoms with Crippen molar-refractivity contribution in [3.8, 4) is 0 Å². The van der Waals surface area contributed by atoms with E-state index in [1.54, 1.807) is 0 Å². The first-order valence-electron chi connectivity index (χ1n) is 9.17. The van der Waals surface area contributed by atoms with E-state index in [0.29, 0.717) is 0 Å². The van der Waals surface area contributed by atoms with E-state index in [4.69, 9.17) is 0 Å². The average Bonchev–Trinajstić information content (AvgIpc) is 2.51. The van der Waals surface area contributed by atoms with Crippen molar-refractivity contribution in [1.29, 1.82) is 0 Å². The molecule has 0 aromatic rings. The van der Waals surface area contributed by atoms with Gasteiger partial charge in [0.2, 0.25) is 5.91 Å². The number of unbranched alkanes of at least 4 members (excludes halogenated alkanes) is 10. The van der Waals surface area contributed by atoms with E-state index < -0.39 is 0 Å². The standard InChI is InChI=1S/C19H37NO/c1-4-7-9-11-12-13-14-16-18-20(19(21)6-3)17-15-10-8-5-2/h6H,3-5,7-18H2,1-2H3. The van der Waals surface area contributed by atoms with Crippen LogP contribution in [0.25, 0.3) is 0 Å². The topological polar surface area (TPSA) is 20.3 Å². The molecule has 0 heterocycles. The Morgan fingerprint density at radius 3 is 1.57 bits per heavy atom. The molecule has 0 spiro atoms. The number of nitrogens with zero attached hydrogens (tertiary/aromatic N) is 1. The lowest BCUT2D eigenvalue weighted by Crippen LogP contribution is -2.31.